The number of aliphatic hydroxyl groups is 4. The molecule has 1 aliphatic heterocycles. The van der Waals surface area contributed by atoms with Crippen LogP contribution >= 0.6 is 0 Å². The van der Waals surface area contributed by atoms with Crippen molar-refractivity contribution >= 4 is 23.5 Å². The molecule has 50 heavy (non-hydrogen) atoms. The molecule has 4 N–H and O–H groups in total. The van der Waals surface area contributed by atoms with Crippen molar-refractivity contribution < 1.29 is 49.1 Å². The predicted molar refractivity (Wildman–Crippen MR) is 193 cm³/mol. The van der Waals surface area contributed by atoms with Gasteiger partial charge in [-0.3, -0.25) is 9.59 Å². The van der Waals surface area contributed by atoms with Crippen LogP contribution in [0.1, 0.15) is 69.2 Å². The van der Waals surface area contributed by atoms with Crippen molar-refractivity contribution in [2.24, 2.45) is 47.3 Å². The molecule has 0 saturated carbocycles. The third kappa shape index (κ3) is 14.4. The minimum Gasteiger partial charge on any atom is -0.458 e. The van der Waals surface area contributed by atoms with E-state index in [0.717, 1.165) is 0 Å². The summed E-state index contributed by atoms with van der Waals surface area (Å²) in [7, 11) is 0. The summed E-state index contributed by atoms with van der Waals surface area (Å²) in [5.41, 5.74) is 0. The first kappa shape index (κ1) is 44.6. The van der Waals surface area contributed by atoms with Gasteiger partial charge in [-0.25, -0.2) is 9.59 Å². The number of allylic oxidation sites excluding steroid dienone is 6. The van der Waals surface area contributed by atoms with Crippen LogP contribution in [0.15, 0.2) is 72.9 Å². The Hall–Kier alpha value is -3.44. The molecule has 14 atom stereocenters. The van der Waals surface area contributed by atoms with E-state index >= 15 is 0 Å². The molecule has 1 aliphatic rings. The fraction of sp³-hybridized carbons (Fsp3) is 0.600. The van der Waals surface area contributed by atoms with Gasteiger partial charge in [0.2, 0.25) is 0 Å². The largest absolute Gasteiger partial charge is 0.458 e. The summed E-state index contributed by atoms with van der Waals surface area (Å²) >= 11 is 0. The lowest BCUT2D eigenvalue weighted by molar-refractivity contribution is -0.152. The first-order valence-electron chi connectivity index (χ1n) is 17.6. The van der Waals surface area contributed by atoms with E-state index in [2.05, 4.69) is 0 Å². The van der Waals surface area contributed by atoms with Crippen LogP contribution < -0.4 is 0 Å². The van der Waals surface area contributed by atoms with Crippen molar-refractivity contribution in [1.82, 2.24) is 0 Å². The third-order valence-corrected chi connectivity index (χ3v) is 9.74. The van der Waals surface area contributed by atoms with Crippen molar-refractivity contribution in [3.05, 3.63) is 72.9 Å². The maximum atomic E-state index is 12.9. The highest BCUT2D eigenvalue weighted by Crippen LogP contribution is 2.28. The van der Waals surface area contributed by atoms with Crippen molar-refractivity contribution in [2.45, 2.75) is 106 Å². The minimum atomic E-state index is -1.15. The van der Waals surface area contributed by atoms with Gasteiger partial charge in [-0.15, -0.1) is 0 Å². The molecular weight excluding hydrogens is 640 g/mol. The lowest BCUT2D eigenvalue weighted by atomic mass is 9.82. The van der Waals surface area contributed by atoms with E-state index in [9.17, 15) is 39.6 Å². The Morgan fingerprint density at radius 1 is 0.600 bits per heavy atom. The molecule has 0 aromatic carbocycles. The van der Waals surface area contributed by atoms with Gasteiger partial charge in [-0.05, 0) is 26.0 Å². The first-order chi connectivity index (χ1) is 23.3. The molecule has 1 heterocycles. The molecule has 0 fully saturated rings. The number of ketones is 2. The second-order valence-electron chi connectivity index (χ2n) is 14.0. The Morgan fingerprint density at radius 3 is 1.22 bits per heavy atom. The highest BCUT2D eigenvalue weighted by Gasteiger charge is 2.36. The summed E-state index contributed by atoms with van der Waals surface area (Å²) in [5.74, 6) is -6.23. The Morgan fingerprint density at radius 2 is 0.920 bits per heavy atom. The third-order valence-electron chi connectivity index (χ3n) is 9.74. The quantitative estimate of drug-likeness (QED) is 0.145. The molecule has 0 bridgehead atoms. The second kappa shape index (κ2) is 21.7. The van der Waals surface area contributed by atoms with Crippen molar-refractivity contribution in [1.29, 1.82) is 0 Å². The van der Waals surface area contributed by atoms with Crippen LogP contribution in [0.2, 0.25) is 0 Å². The van der Waals surface area contributed by atoms with Gasteiger partial charge in [-0.2, -0.15) is 0 Å². The molecule has 10 nitrogen and oxygen atoms in total. The minimum absolute atomic E-state index is 0.242. The number of ether oxygens (including phenoxy) is 2. The molecule has 0 spiro atoms. The Bertz CT molecular complexity index is 1190. The SMILES string of the molecule is C[C@@H]([C@@H](O)[C@H](C)C(=O)/C=C/[C@H](C)[C@@H](C)O)[C@H]1OC(=O)C=CC=C[C@H](C)[C@@H]([C@@H](C)[C@@H](O)[C@H](C)C(=O)/C=C/[C@H](C)[C@@H](C)O)OC(=O)C=CC=C[C@@H]1C. The van der Waals surface area contributed by atoms with Crippen LogP contribution in [0.3, 0.4) is 0 Å². The van der Waals surface area contributed by atoms with E-state index in [-0.39, 0.29) is 23.4 Å². The van der Waals surface area contributed by atoms with Gasteiger partial charge < -0.3 is 29.9 Å². The molecule has 0 saturated heterocycles. The number of esters is 2. The molecule has 0 unspecified atom stereocenters. The maximum Gasteiger partial charge on any atom is 0.331 e. The van der Waals surface area contributed by atoms with Gasteiger partial charge in [0.05, 0.1) is 24.4 Å². The molecule has 0 aromatic heterocycles. The van der Waals surface area contributed by atoms with Crippen LogP contribution in [-0.4, -0.2) is 80.6 Å². The zero-order chi connectivity index (χ0) is 38.3. The van der Waals surface area contributed by atoms with Crippen LogP contribution in [-0.2, 0) is 28.7 Å². The summed E-state index contributed by atoms with van der Waals surface area (Å²) in [6.45, 7) is 17.0. The van der Waals surface area contributed by atoms with Crippen LogP contribution in [0, 0.1) is 47.3 Å². The summed E-state index contributed by atoms with van der Waals surface area (Å²) < 4.78 is 11.6. The van der Waals surface area contributed by atoms with Gasteiger partial charge in [0.15, 0.2) is 11.6 Å². The van der Waals surface area contributed by atoms with Crippen LogP contribution in [0.5, 0.6) is 0 Å². The number of hydrogen-bond donors (Lipinski definition) is 4. The summed E-state index contributed by atoms with van der Waals surface area (Å²) in [5, 5.41) is 41.7. The van der Waals surface area contributed by atoms with E-state index in [0.29, 0.717) is 0 Å². The van der Waals surface area contributed by atoms with Gasteiger partial charge in [-0.1, -0.05) is 104 Å². The fourth-order valence-electron chi connectivity index (χ4n) is 5.45. The number of aliphatic hydroxyl groups excluding tert-OH is 4. The smallest absolute Gasteiger partial charge is 0.331 e. The maximum absolute atomic E-state index is 12.9. The molecule has 280 valence electrons. The van der Waals surface area contributed by atoms with E-state index in [1.165, 1.54) is 36.5 Å². The standard InChI is InChI=1S/C40H60O10/c1-23(31(9)41)19-21-33(43)27(5)37(47)29(7)39-25(3)15-11-13-18-36(46)50-40(26(4)16-12-14-17-35(45)49-39)30(8)38(48)28(6)34(44)22-20-24(2)32(10)42/h11-32,37-42,47-48H,1-10H3/b15-11?,16-12?,17-14?,18-13?,21-19+,22-20+/t23-,24-,25-,26-,27+,28+,29-,30-,31+,32+,37-,38-,39-,40-/m0/s1. The zero-order valence-corrected chi connectivity index (χ0v) is 31.2. The molecule has 1 rings (SSSR count). The number of cyclic esters (lactones) is 2. The van der Waals surface area contributed by atoms with Crippen molar-refractivity contribution in [3.63, 3.8) is 0 Å². The average molecular weight is 701 g/mol. The van der Waals surface area contributed by atoms with Gasteiger partial charge in [0.25, 0.3) is 0 Å². The Kier molecular flexibility index (Phi) is 19.4. The number of hydrogen-bond acceptors (Lipinski definition) is 10. The van der Waals surface area contributed by atoms with Crippen LogP contribution in [0.4, 0.5) is 0 Å². The van der Waals surface area contributed by atoms with E-state index in [4.69, 9.17) is 9.47 Å². The van der Waals surface area contributed by atoms with Gasteiger partial charge in [0.1, 0.15) is 12.2 Å². The lowest BCUT2D eigenvalue weighted by Crippen LogP contribution is -2.41. The topological polar surface area (TPSA) is 168 Å². The van der Waals surface area contributed by atoms with Crippen molar-refractivity contribution in [2.75, 3.05) is 0 Å². The Balaban J connectivity index is 3.25. The fourth-order valence-corrected chi connectivity index (χ4v) is 5.45. The molecule has 0 aliphatic carbocycles. The number of carbonyl (C=O) groups is 4. The van der Waals surface area contributed by atoms with Crippen LogP contribution in [0.25, 0.3) is 0 Å². The Labute approximate surface area is 298 Å². The van der Waals surface area contributed by atoms with E-state index in [1.807, 2.05) is 0 Å². The van der Waals surface area contributed by atoms with Crippen molar-refractivity contribution in [3.8, 4) is 0 Å². The molecule has 10 heteroatoms. The first-order valence-corrected chi connectivity index (χ1v) is 17.6. The number of rotatable bonds is 14. The highest BCUT2D eigenvalue weighted by atomic mass is 16.5. The van der Waals surface area contributed by atoms with E-state index in [1.54, 1.807) is 106 Å². The molecule has 0 radical (unpaired) electrons. The molecular formula is C40H60O10. The monoisotopic (exact) mass is 700 g/mol. The zero-order valence-electron chi connectivity index (χ0n) is 31.2. The molecule has 0 amide bonds. The predicted octanol–water partition coefficient (Wildman–Crippen LogP) is 4.87. The highest BCUT2D eigenvalue weighted by molar-refractivity contribution is 5.92. The number of carbonyl (C=O) groups excluding carboxylic acids is 4. The van der Waals surface area contributed by atoms with E-state index < -0.39 is 84.1 Å². The van der Waals surface area contributed by atoms with Gasteiger partial charge in [0, 0.05) is 59.5 Å². The summed E-state index contributed by atoms with van der Waals surface area (Å²) in [6.07, 6.45) is 12.7. The van der Waals surface area contributed by atoms with Gasteiger partial charge >= 0.3 is 11.9 Å². The lowest BCUT2D eigenvalue weighted by Gasteiger charge is -2.33. The summed E-state index contributed by atoms with van der Waals surface area (Å²) in [6, 6.07) is 0. The average Bonchev–Trinajstić information content (AvgIpc) is 3.07. The second-order valence-corrected chi connectivity index (χ2v) is 14.0. The molecule has 0 aromatic rings. The summed E-state index contributed by atoms with van der Waals surface area (Å²) in [4.78, 5) is 51.5. The normalized spacial score (nSPS) is 27.1.